The molecule has 5 N–H and O–H groups in total. The zero-order valence-electron chi connectivity index (χ0n) is 31.7. The third-order valence-electron chi connectivity index (χ3n) is 9.03. The summed E-state index contributed by atoms with van der Waals surface area (Å²) in [6.07, 6.45) is -3.23. The molecule has 0 saturated carbocycles. The third kappa shape index (κ3) is 11.3. The summed E-state index contributed by atoms with van der Waals surface area (Å²) in [5.74, 6) is 0.235. The van der Waals surface area contributed by atoms with Gasteiger partial charge in [-0.1, -0.05) is 43.9 Å². The number of aromatic nitrogens is 2. The summed E-state index contributed by atoms with van der Waals surface area (Å²) in [5, 5.41) is 46.3. The van der Waals surface area contributed by atoms with Crippen LogP contribution in [0.5, 0.6) is 0 Å². The first-order chi connectivity index (χ1) is 24.2. The molecule has 0 bridgehead atoms. The molecule has 0 unspecified atom stereocenters. The van der Waals surface area contributed by atoms with Crippen molar-refractivity contribution < 1.29 is 48.7 Å². The second-order valence-corrected chi connectivity index (χ2v) is 19.8. The molecule has 18 heteroatoms. The maximum atomic E-state index is 14.6. The number of aliphatic hydroxyl groups excluding tert-OH is 3. The van der Waals surface area contributed by atoms with Crippen molar-refractivity contribution in [3.8, 4) is 0 Å². The molecule has 3 aliphatic rings. The van der Waals surface area contributed by atoms with E-state index in [1.54, 1.807) is 54.7 Å². The molecule has 52 heavy (non-hydrogen) atoms. The van der Waals surface area contributed by atoms with E-state index in [1.807, 2.05) is 0 Å². The van der Waals surface area contributed by atoms with E-state index >= 15 is 0 Å². The first kappa shape index (κ1) is 42.8. The summed E-state index contributed by atoms with van der Waals surface area (Å²) in [6, 6.07) is -2.02. The van der Waals surface area contributed by atoms with Gasteiger partial charge in [-0.25, -0.2) is 9.59 Å². The number of thioether (sulfide) groups is 2. The van der Waals surface area contributed by atoms with Gasteiger partial charge in [-0.2, -0.15) is 0 Å². The van der Waals surface area contributed by atoms with E-state index in [0.29, 0.717) is 22.8 Å². The highest BCUT2D eigenvalue weighted by atomic mass is 32.2. The standard InChI is InChI=1S/C34H57N5O10S3/c1-16(2)13-18-11-12-46-25-19(14-18)15-39(32(45)49-34(7,8)9)21(25)27(43)35-20(26-23(41)22(40)24(42)28(47-26)50-10)17(3)51-31-38-37-29(52-31)36-30(44)48-33(4,5)6/h16-26,28,40-42H,11-15H2,1-10H3,(H,35,43)(H,36,37,44)/t17-,18-,19-,20+,21-,22-,23+,24+,25+,26+,28+/m0/s1. The van der Waals surface area contributed by atoms with Gasteiger partial charge in [0.25, 0.3) is 0 Å². The molecule has 3 saturated heterocycles. The number of aliphatic hydroxyl groups is 3. The van der Waals surface area contributed by atoms with Gasteiger partial charge in [-0.15, -0.1) is 22.0 Å². The topological polar surface area (TPSA) is 202 Å². The number of fused-ring (bicyclic) bond motifs is 1. The Hall–Kier alpha value is -1.93. The number of nitrogens with one attached hydrogen (secondary N) is 2. The van der Waals surface area contributed by atoms with E-state index in [2.05, 4.69) is 34.7 Å². The number of hydrogen-bond acceptors (Lipinski definition) is 15. The van der Waals surface area contributed by atoms with Gasteiger partial charge in [0.15, 0.2) is 4.34 Å². The highest BCUT2D eigenvalue weighted by molar-refractivity contribution is 8.01. The van der Waals surface area contributed by atoms with E-state index in [4.69, 9.17) is 18.9 Å². The smallest absolute Gasteiger partial charge is 0.414 e. The zero-order valence-corrected chi connectivity index (χ0v) is 34.2. The average molecular weight is 792 g/mol. The van der Waals surface area contributed by atoms with Gasteiger partial charge >= 0.3 is 12.2 Å². The first-order valence-corrected chi connectivity index (χ1v) is 20.8. The fourth-order valence-corrected chi connectivity index (χ4v) is 9.75. The van der Waals surface area contributed by atoms with Crippen molar-refractivity contribution in [1.82, 2.24) is 20.4 Å². The molecule has 296 valence electrons. The minimum absolute atomic E-state index is 0.105. The fourth-order valence-electron chi connectivity index (χ4n) is 6.95. The lowest BCUT2D eigenvalue weighted by Crippen LogP contribution is -2.66. The molecular weight excluding hydrogens is 735 g/mol. The first-order valence-electron chi connectivity index (χ1n) is 17.8. The summed E-state index contributed by atoms with van der Waals surface area (Å²) in [4.78, 5) is 42.1. The lowest BCUT2D eigenvalue weighted by molar-refractivity contribution is -0.205. The molecule has 15 nitrogen and oxygen atoms in total. The summed E-state index contributed by atoms with van der Waals surface area (Å²) < 4.78 is 24.1. The molecule has 1 aromatic heterocycles. The predicted molar refractivity (Wildman–Crippen MR) is 199 cm³/mol. The zero-order chi connectivity index (χ0) is 38.7. The van der Waals surface area contributed by atoms with Crippen LogP contribution in [0.25, 0.3) is 0 Å². The number of ether oxygens (including phenoxy) is 4. The van der Waals surface area contributed by atoms with Crippen LogP contribution in [0.3, 0.4) is 0 Å². The number of carbonyl (C=O) groups excluding carboxylic acids is 3. The largest absolute Gasteiger partial charge is 0.444 e. The van der Waals surface area contributed by atoms with Crippen LogP contribution in [0.4, 0.5) is 14.7 Å². The van der Waals surface area contributed by atoms with E-state index in [9.17, 15) is 29.7 Å². The van der Waals surface area contributed by atoms with Crippen LogP contribution in [-0.4, -0.2) is 132 Å². The third-order valence-corrected chi connectivity index (χ3v) is 12.0. The molecule has 3 amide bonds. The van der Waals surface area contributed by atoms with Gasteiger partial charge in [0, 0.05) is 24.3 Å². The quantitative estimate of drug-likeness (QED) is 0.168. The molecule has 3 aliphatic heterocycles. The average Bonchev–Trinajstić information content (AvgIpc) is 3.54. The summed E-state index contributed by atoms with van der Waals surface area (Å²) in [7, 11) is 0. The highest BCUT2D eigenvalue weighted by Crippen LogP contribution is 2.39. The van der Waals surface area contributed by atoms with Gasteiger partial charge < -0.3 is 39.6 Å². The van der Waals surface area contributed by atoms with Gasteiger partial charge in [-0.3, -0.25) is 15.0 Å². The Morgan fingerprint density at radius 1 is 1.02 bits per heavy atom. The lowest BCUT2D eigenvalue weighted by Gasteiger charge is -2.44. The number of anilines is 1. The van der Waals surface area contributed by atoms with E-state index in [-0.39, 0.29) is 17.6 Å². The number of hydrogen-bond donors (Lipinski definition) is 5. The van der Waals surface area contributed by atoms with Crippen molar-refractivity contribution in [1.29, 1.82) is 0 Å². The minimum atomic E-state index is -1.57. The second kappa shape index (κ2) is 17.7. The SMILES string of the molecule is CS[C@H]1O[C@H]([C@H](NC(=O)[C@@H]2[C@@H]3OCC[C@@H](CC(C)C)C[C@H]3CN2C(=O)OC(C)(C)C)[C@H](C)Sc2nnc(NC(=O)OC(C)(C)C)s2)[C@H](O)[C@H](O)[C@H]1O. The molecule has 1 aromatic rings. The summed E-state index contributed by atoms with van der Waals surface area (Å²) >= 11 is 3.46. The molecule has 4 heterocycles. The molecule has 0 spiro atoms. The van der Waals surface area contributed by atoms with Crippen molar-refractivity contribution in [2.75, 3.05) is 24.7 Å². The Labute approximate surface area is 319 Å². The van der Waals surface area contributed by atoms with Crippen LogP contribution < -0.4 is 10.6 Å². The molecule has 0 aromatic carbocycles. The lowest BCUT2D eigenvalue weighted by atomic mass is 9.85. The van der Waals surface area contributed by atoms with Crippen LogP contribution in [0, 0.1) is 17.8 Å². The number of carbonyl (C=O) groups is 3. The van der Waals surface area contributed by atoms with Crippen LogP contribution in [-0.2, 0) is 23.7 Å². The molecule has 11 atom stereocenters. The van der Waals surface area contributed by atoms with Crippen molar-refractivity contribution in [3.05, 3.63) is 0 Å². The number of rotatable bonds is 10. The molecule has 0 aliphatic carbocycles. The Kier molecular flexibility index (Phi) is 14.6. The monoisotopic (exact) mass is 791 g/mol. The molecule has 3 fully saturated rings. The molecule has 0 radical (unpaired) electrons. The second-order valence-electron chi connectivity index (χ2n) is 16.2. The normalized spacial score (nSPS) is 31.0. The van der Waals surface area contributed by atoms with Crippen molar-refractivity contribution in [3.63, 3.8) is 0 Å². The van der Waals surface area contributed by atoms with Gasteiger partial charge in [0.2, 0.25) is 11.0 Å². The van der Waals surface area contributed by atoms with Crippen LogP contribution in [0.15, 0.2) is 4.34 Å². The Morgan fingerprint density at radius 3 is 2.31 bits per heavy atom. The van der Waals surface area contributed by atoms with Crippen molar-refractivity contribution in [2.24, 2.45) is 17.8 Å². The maximum absolute atomic E-state index is 14.6. The van der Waals surface area contributed by atoms with Crippen molar-refractivity contribution in [2.45, 2.75) is 150 Å². The number of likely N-dealkylation sites (tertiary alicyclic amines) is 1. The Balaban J connectivity index is 1.63. The fraction of sp³-hybridized carbons (Fsp3) is 0.853. The Bertz CT molecular complexity index is 1370. The minimum Gasteiger partial charge on any atom is -0.444 e. The van der Waals surface area contributed by atoms with E-state index < -0.39 is 82.6 Å². The molecular formula is C34H57N5O10S3. The Morgan fingerprint density at radius 2 is 1.69 bits per heavy atom. The van der Waals surface area contributed by atoms with E-state index in [1.165, 1.54) is 16.7 Å². The van der Waals surface area contributed by atoms with Gasteiger partial charge in [0.05, 0.1) is 12.1 Å². The van der Waals surface area contributed by atoms with Crippen LogP contribution in [0.1, 0.15) is 81.6 Å². The summed E-state index contributed by atoms with van der Waals surface area (Å²) in [6.45, 7) is 17.4. The number of amides is 3. The van der Waals surface area contributed by atoms with Crippen LogP contribution >= 0.6 is 34.9 Å². The van der Waals surface area contributed by atoms with Gasteiger partial charge in [-0.05, 0) is 78.9 Å². The maximum Gasteiger partial charge on any atom is 0.414 e. The summed E-state index contributed by atoms with van der Waals surface area (Å²) in [5.41, 5.74) is -2.42. The van der Waals surface area contributed by atoms with Crippen molar-refractivity contribution >= 4 is 58.1 Å². The van der Waals surface area contributed by atoms with Gasteiger partial charge in [0.1, 0.15) is 47.1 Å². The predicted octanol–water partition coefficient (Wildman–Crippen LogP) is 4.10. The number of nitrogens with zero attached hydrogens (tertiary/aromatic N) is 3. The van der Waals surface area contributed by atoms with E-state index in [0.717, 1.165) is 42.4 Å². The highest BCUT2D eigenvalue weighted by Gasteiger charge is 2.53. The molecule has 4 rings (SSSR count). The van der Waals surface area contributed by atoms with Crippen LogP contribution in [0.2, 0.25) is 0 Å².